The van der Waals surface area contributed by atoms with Gasteiger partial charge in [-0.2, -0.15) is 0 Å². The molecule has 3 nitrogen and oxygen atoms in total. The Morgan fingerprint density at radius 3 is 2.43 bits per heavy atom. The number of carbonyl (C=O) groups excluding carboxylic acids is 1. The smallest absolute Gasteiger partial charge is 0.335 e. The molecule has 23 heavy (non-hydrogen) atoms. The summed E-state index contributed by atoms with van der Waals surface area (Å²) in [6, 6.07) is 7.63. The van der Waals surface area contributed by atoms with Crippen molar-refractivity contribution in [3.63, 3.8) is 0 Å². The Hall–Kier alpha value is -1.79. The molecule has 0 amide bonds. The molecule has 1 rings (SSSR count). The molecule has 0 spiro atoms. The van der Waals surface area contributed by atoms with Crippen LogP contribution >= 0.6 is 0 Å². The van der Waals surface area contributed by atoms with Crippen LogP contribution in [0.15, 0.2) is 24.3 Å². The second kappa shape index (κ2) is 11.7. The molecule has 0 heterocycles. The van der Waals surface area contributed by atoms with Gasteiger partial charge in [0, 0.05) is 18.4 Å². The Labute approximate surface area is 140 Å². The van der Waals surface area contributed by atoms with Gasteiger partial charge in [0.2, 0.25) is 0 Å². The summed E-state index contributed by atoms with van der Waals surface area (Å²) in [4.78, 5) is 11.2. The average molecular weight is 316 g/mol. The molecule has 1 N–H and O–H groups in total. The van der Waals surface area contributed by atoms with Gasteiger partial charge in [-0.1, -0.05) is 63.0 Å². The Bertz CT molecular complexity index is 508. The quantitative estimate of drug-likeness (QED) is 0.427. The van der Waals surface area contributed by atoms with Gasteiger partial charge in [-0.05, 0) is 24.1 Å². The van der Waals surface area contributed by atoms with Crippen molar-refractivity contribution in [3.8, 4) is 11.8 Å². The number of hydrogen-bond donors (Lipinski definition) is 1. The summed E-state index contributed by atoms with van der Waals surface area (Å²) < 4.78 is 4.50. The summed E-state index contributed by atoms with van der Waals surface area (Å²) in [6.07, 6.45) is 7.79. The summed E-state index contributed by atoms with van der Waals surface area (Å²) >= 11 is 0. The van der Waals surface area contributed by atoms with E-state index in [0.717, 1.165) is 17.5 Å². The summed E-state index contributed by atoms with van der Waals surface area (Å²) in [5, 5.41) is 9.62. The first-order valence-corrected chi connectivity index (χ1v) is 8.51. The van der Waals surface area contributed by atoms with Crippen LogP contribution in [0.4, 0.5) is 0 Å². The van der Waals surface area contributed by atoms with E-state index < -0.39 is 12.1 Å². The first kappa shape index (κ1) is 19.3. The van der Waals surface area contributed by atoms with Crippen LogP contribution < -0.4 is 0 Å². The summed E-state index contributed by atoms with van der Waals surface area (Å²) in [7, 11) is 1.27. The van der Waals surface area contributed by atoms with Crippen molar-refractivity contribution in [2.24, 2.45) is 0 Å². The van der Waals surface area contributed by atoms with E-state index in [1.165, 1.54) is 45.6 Å². The highest BCUT2D eigenvalue weighted by atomic mass is 16.5. The van der Waals surface area contributed by atoms with E-state index in [1.807, 2.05) is 24.3 Å². The van der Waals surface area contributed by atoms with Crippen LogP contribution in [-0.4, -0.2) is 24.3 Å². The molecule has 0 aliphatic carbocycles. The Morgan fingerprint density at radius 1 is 1.13 bits per heavy atom. The molecule has 1 aromatic rings. The maximum atomic E-state index is 11.2. The minimum absolute atomic E-state index is 0.262. The second-order valence-electron chi connectivity index (χ2n) is 5.76. The van der Waals surface area contributed by atoms with Crippen molar-refractivity contribution in [1.29, 1.82) is 0 Å². The maximum absolute atomic E-state index is 11.2. The first-order valence-electron chi connectivity index (χ1n) is 8.51. The number of esters is 1. The minimum atomic E-state index is -1.11. The highest BCUT2D eigenvalue weighted by molar-refractivity contribution is 5.74. The monoisotopic (exact) mass is 316 g/mol. The second-order valence-corrected chi connectivity index (χ2v) is 5.76. The van der Waals surface area contributed by atoms with Gasteiger partial charge >= 0.3 is 5.97 Å². The van der Waals surface area contributed by atoms with E-state index in [-0.39, 0.29) is 6.42 Å². The van der Waals surface area contributed by atoms with Crippen LogP contribution in [-0.2, 0) is 16.0 Å². The number of hydrogen-bond acceptors (Lipinski definition) is 3. The normalized spacial score (nSPS) is 11.4. The summed E-state index contributed by atoms with van der Waals surface area (Å²) in [6.45, 7) is 2.23. The summed E-state index contributed by atoms with van der Waals surface area (Å²) in [5.41, 5.74) is 1.86. The molecule has 3 heteroatoms. The molecule has 126 valence electrons. The lowest BCUT2D eigenvalue weighted by molar-refractivity contribution is -0.150. The van der Waals surface area contributed by atoms with Crippen molar-refractivity contribution in [3.05, 3.63) is 35.4 Å². The molecule has 0 saturated carbocycles. The standard InChI is InChI=1S/C20H28O3/c1-3-4-5-6-7-8-9-10-11-17-12-14-18(15-13-17)16-19(21)20(22)23-2/h12-15,19,21H,3-9,16H2,1-2H3. The molecular weight excluding hydrogens is 288 g/mol. The fourth-order valence-corrected chi connectivity index (χ4v) is 2.33. The SMILES string of the molecule is CCCCCCCCC#Cc1ccc(CC(O)C(=O)OC)cc1. The predicted octanol–water partition coefficient (Wildman–Crippen LogP) is 3.87. The first-order chi connectivity index (χ1) is 11.2. The van der Waals surface area contributed by atoms with Crippen LogP contribution in [0.1, 0.15) is 63.0 Å². The average Bonchev–Trinajstić information content (AvgIpc) is 2.57. The van der Waals surface area contributed by atoms with E-state index in [9.17, 15) is 9.90 Å². The maximum Gasteiger partial charge on any atom is 0.335 e. The fraction of sp³-hybridized carbons (Fsp3) is 0.550. The van der Waals surface area contributed by atoms with Gasteiger partial charge in [0.15, 0.2) is 6.10 Å². The zero-order valence-electron chi connectivity index (χ0n) is 14.3. The van der Waals surface area contributed by atoms with Gasteiger partial charge in [0.25, 0.3) is 0 Å². The highest BCUT2D eigenvalue weighted by Gasteiger charge is 2.15. The van der Waals surface area contributed by atoms with E-state index in [2.05, 4.69) is 23.5 Å². The van der Waals surface area contributed by atoms with Gasteiger partial charge in [0.1, 0.15) is 0 Å². The zero-order valence-corrected chi connectivity index (χ0v) is 14.3. The Morgan fingerprint density at radius 2 is 1.78 bits per heavy atom. The van der Waals surface area contributed by atoms with Gasteiger partial charge < -0.3 is 9.84 Å². The number of benzene rings is 1. The van der Waals surface area contributed by atoms with Gasteiger partial charge in [-0.25, -0.2) is 4.79 Å². The van der Waals surface area contributed by atoms with Crippen molar-refractivity contribution < 1.29 is 14.6 Å². The van der Waals surface area contributed by atoms with Gasteiger partial charge in [-0.3, -0.25) is 0 Å². The molecule has 1 unspecified atom stereocenters. The van der Waals surface area contributed by atoms with Crippen molar-refractivity contribution >= 4 is 5.97 Å². The third-order valence-corrected chi connectivity index (χ3v) is 3.74. The van der Waals surface area contributed by atoms with E-state index in [1.54, 1.807) is 0 Å². The number of carbonyl (C=O) groups is 1. The number of ether oxygens (including phenoxy) is 1. The lowest BCUT2D eigenvalue weighted by atomic mass is 10.1. The number of unbranched alkanes of at least 4 members (excludes halogenated alkanes) is 6. The molecule has 0 bridgehead atoms. The largest absolute Gasteiger partial charge is 0.467 e. The number of rotatable bonds is 9. The zero-order chi connectivity index (χ0) is 16.9. The van der Waals surface area contributed by atoms with Crippen LogP contribution in [0.25, 0.3) is 0 Å². The van der Waals surface area contributed by atoms with E-state index >= 15 is 0 Å². The third-order valence-electron chi connectivity index (χ3n) is 3.74. The van der Waals surface area contributed by atoms with E-state index in [4.69, 9.17) is 0 Å². The number of aliphatic hydroxyl groups is 1. The Balaban J connectivity index is 2.31. The molecule has 0 fully saturated rings. The molecule has 1 atom stereocenters. The van der Waals surface area contributed by atoms with Crippen LogP contribution in [0, 0.1) is 11.8 Å². The third kappa shape index (κ3) is 8.42. The molecule has 0 aliphatic heterocycles. The summed E-state index contributed by atoms with van der Waals surface area (Å²) in [5.74, 6) is 5.76. The topological polar surface area (TPSA) is 46.5 Å². The minimum Gasteiger partial charge on any atom is -0.467 e. The van der Waals surface area contributed by atoms with Crippen LogP contribution in [0.5, 0.6) is 0 Å². The Kier molecular flexibility index (Phi) is 9.83. The molecule has 0 radical (unpaired) electrons. The molecule has 0 aromatic heterocycles. The highest BCUT2D eigenvalue weighted by Crippen LogP contribution is 2.08. The van der Waals surface area contributed by atoms with Gasteiger partial charge in [0.05, 0.1) is 7.11 Å². The molecular formula is C20H28O3. The van der Waals surface area contributed by atoms with Crippen LogP contribution in [0.2, 0.25) is 0 Å². The van der Waals surface area contributed by atoms with Crippen molar-refractivity contribution in [2.45, 2.75) is 64.4 Å². The predicted molar refractivity (Wildman–Crippen MR) is 93.0 cm³/mol. The fourth-order valence-electron chi connectivity index (χ4n) is 2.33. The van der Waals surface area contributed by atoms with Crippen molar-refractivity contribution in [2.75, 3.05) is 7.11 Å². The lowest BCUT2D eigenvalue weighted by Gasteiger charge is -2.07. The van der Waals surface area contributed by atoms with Crippen LogP contribution in [0.3, 0.4) is 0 Å². The molecule has 1 aromatic carbocycles. The molecule has 0 saturated heterocycles. The van der Waals surface area contributed by atoms with Gasteiger partial charge in [-0.15, -0.1) is 0 Å². The molecule has 0 aliphatic rings. The number of aliphatic hydroxyl groups excluding tert-OH is 1. The van der Waals surface area contributed by atoms with Crippen molar-refractivity contribution in [1.82, 2.24) is 0 Å². The van der Waals surface area contributed by atoms with E-state index in [0.29, 0.717) is 0 Å². The lowest BCUT2D eigenvalue weighted by Crippen LogP contribution is -2.24. The number of methoxy groups -OCH3 is 1.